The Morgan fingerprint density at radius 1 is 1.27 bits per heavy atom. The standard InChI is InChI=1S/C14H21N3O3S.ClH/c1-10(15-2)9-16-14(18)11-3-7-13(8-4-11)21(19,20)17-12-5-6-12;/h3-4,7-8,10,12,15,17H,5-6,9H2,1-2H3,(H,16,18);1H. The molecule has 0 heterocycles. The van der Waals surface area contributed by atoms with Crippen LogP contribution in [-0.4, -0.2) is 40.0 Å². The molecule has 0 spiro atoms. The monoisotopic (exact) mass is 347 g/mol. The molecule has 1 atom stereocenters. The molecule has 8 heteroatoms. The van der Waals surface area contributed by atoms with Gasteiger partial charge < -0.3 is 10.6 Å². The Kier molecular flexibility index (Phi) is 6.80. The molecular weight excluding hydrogens is 326 g/mol. The smallest absolute Gasteiger partial charge is 0.251 e. The number of carbonyl (C=O) groups excluding carboxylic acids is 1. The topological polar surface area (TPSA) is 87.3 Å². The van der Waals surface area contributed by atoms with Crippen LogP contribution >= 0.6 is 12.4 Å². The van der Waals surface area contributed by atoms with Gasteiger partial charge in [-0.1, -0.05) is 0 Å². The lowest BCUT2D eigenvalue weighted by molar-refractivity contribution is 0.0950. The van der Waals surface area contributed by atoms with Gasteiger partial charge in [-0.05, 0) is 51.1 Å². The van der Waals surface area contributed by atoms with Gasteiger partial charge in [0.05, 0.1) is 4.90 Å². The first-order valence-corrected chi connectivity index (χ1v) is 8.48. The van der Waals surface area contributed by atoms with Crippen molar-refractivity contribution >= 4 is 28.3 Å². The van der Waals surface area contributed by atoms with Crippen molar-refractivity contribution in [3.8, 4) is 0 Å². The third kappa shape index (κ3) is 5.24. The molecule has 0 bridgehead atoms. The van der Waals surface area contributed by atoms with Crippen molar-refractivity contribution < 1.29 is 13.2 Å². The van der Waals surface area contributed by atoms with Gasteiger partial charge in [-0.3, -0.25) is 4.79 Å². The molecule has 124 valence electrons. The molecular formula is C14H22ClN3O3S. The highest BCUT2D eigenvalue weighted by molar-refractivity contribution is 7.89. The van der Waals surface area contributed by atoms with Crippen LogP contribution in [0.15, 0.2) is 29.2 Å². The summed E-state index contributed by atoms with van der Waals surface area (Å²) >= 11 is 0. The molecule has 1 fully saturated rings. The van der Waals surface area contributed by atoms with E-state index in [1.54, 1.807) is 0 Å². The predicted octanol–water partition coefficient (Wildman–Crippen LogP) is 0.887. The SMILES string of the molecule is CNC(C)CNC(=O)c1ccc(S(=O)(=O)NC2CC2)cc1.Cl. The van der Waals surface area contributed by atoms with Crippen LogP contribution in [0.2, 0.25) is 0 Å². The number of rotatable bonds is 7. The van der Waals surface area contributed by atoms with Crippen molar-refractivity contribution in [3.05, 3.63) is 29.8 Å². The highest BCUT2D eigenvalue weighted by Gasteiger charge is 2.27. The Bertz CT molecular complexity index is 600. The predicted molar refractivity (Wildman–Crippen MR) is 87.9 cm³/mol. The van der Waals surface area contributed by atoms with Gasteiger partial charge in [0.25, 0.3) is 5.91 Å². The van der Waals surface area contributed by atoms with E-state index in [2.05, 4.69) is 15.4 Å². The maximum atomic E-state index is 12.0. The van der Waals surface area contributed by atoms with Crippen LogP contribution in [0.25, 0.3) is 0 Å². The fourth-order valence-electron chi connectivity index (χ4n) is 1.72. The summed E-state index contributed by atoms with van der Waals surface area (Å²) < 4.78 is 26.6. The number of hydrogen-bond donors (Lipinski definition) is 3. The average molecular weight is 348 g/mol. The first kappa shape index (κ1) is 18.9. The summed E-state index contributed by atoms with van der Waals surface area (Å²) in [6.07, 6.45) is 1.78. The van der Waals surface area contributed by atoms with Crippen molar-refractivity contribution in [1.82, 2.24) is 15.4 Å². The minimum absolute atomic E-state index is 0. The van der Waals surface area contributed by atoms with Crippen LogP contribution in [-0.2, 0) is 10.0 Å². The van der Waals surface area contributed by atoms with Crippen molar-refractivity contribution in [1.29, 1.82) is 0 Å². The molecule has 1 aliphatic carbocycles. The highest BCUT2D eigenvalue weighted by Crippen LogP contribution is 2.22. The van der Waals surface area contributed by atoms with E-state index in [-0.39, 0.29) is 35.3 Å². The summed E-state index contributed by atoms with van der Waals surface area (Å²) in [5.41, 5.74) is 0.448. The summed E-state index contributed by atoms with van der Waals surface area (Å²) in [7, 11) is -1.64. The van der Waals surface area contributed by atoms with Gasteiger partial charge in [0.2, 0.25) is 10.0 Å². The van der Waals surface area contributed by atoms with Gasteiger partial charge in [-0.2, -0.15) is 0 Å². The lowest BCUT2D eigenvalue weighted by atomic mass is 10.2. The molecule has 2 rings (SSSR count). The average Bonchev–Trinajstić information content (AvgIpc) is 3.27. The summed E-state index contributed by atoms with van der Waals surface area (Å²) in [5.74, 6) is -0.212. The van der Waals surface area contributed by atoms with E-state index in [1.807, 2.05) is 14.0 Å². The first-order valence-electron chi connectivity index (χ1n) is 7.00. The lowest BCUT2D eigenvalue weighted by Crippen LogP contribution is -2.37. The highest BCUT2D eigenvalue weighted by atomic mass is 35.5. The third-order valence-electron chi connectivity index (χ3n) is 3.39. The summed E-state index contributed by atoms with van der Waals surface area (Å²) in [6, 6.07) is 6.22. The largest absolute Gasteiger partial charge is 0.350 e. The minimum Gasteiger partial charge on any atom is -0.350 e. The summed E-state index contributed by atoms with van der Waals surface area (Å²) in [5, 5.41) is 5.81. The van der Waals surface area contributed by atoms with E-state index in [4.69, 9.17) is 0 Å². The molecule has 0 saturated heterocycles. The fourth-order valence-corrected chi connectivity index (χ4v) is 3.03. The number of benzene rings is 1. The van der Waals surface area contributed by atoms with Gasteiger partial charge >= 0.3 is 0 Å². The van der Waals surface area contributed by atoms with Crippen LogP contribution in [0.4, 0.5) is 0 Å². The molecule has 1 unspecified atom stereocenters. The van der Waals surface area contributed by atoms with E-state index >= 15 is 0 Å². The van der Waals surface area contributed by atoms with E-state index < -0.39 is 10.0 Å². The molecule has 0 aliphatic heterocycles. The number of carbonyl (C=O) groups is 1. The molecule has 1 saturated carbocycles. The van der Waals surface area contributed by atoms with Crippen molar-refractivity contribution in [3.63, 3.8) is 0 Å². The Labute approximate surface area is 137 Å². The van der Waals surface area contributed by atoms with Crippen LogP contribution in [0, 0.1) is 0 Å². The molecule has 1 aromatic carbocycles. The quantitative estimate of drug-likeness (QED) is 0.683. The normalized spacial score (nSPS) is 15.7. The minimum atomic E-state index is -3.46. The number of nitrogens with one attached hydrogen (secondary N) is 3. The molecule has 1 aliphatic rings. The van der Waals surface area contributed by atoms with Gasteiger partial charge in [-0.25, -0.2) is 13.1 Å². The van der Waals surface area contributed by atoms with Crippen LogP contribution in [0.1, 0.15) is 30.1 Å². The Morgan fingerprint density at radius 2 is 1.86 bits per heavy atom. The van der Waals surface area contributed by atoms with Gasteiger partial charge in [0.1, 0.15) is 0 Å². The lowest BCUT2D eigenvalue weighted by Gasteiger charge is -2.11. The van der Waals surface area contributed by atoms with E-state index in [0.29, 0.717) is 12.1 Å². The molecule has 0 aromatic heterocycles. The number of sulfonamides is 1. The van der Waals surface area contributed by atoms with Gasteiger partial charge in [0.15, 0.2) is 0 Å². The number of halogens is 1. The van der Waals surface area contributed by atoms with Gasteiger partial charge in [-0.15, -0.1) is 12.4 Å². The molecule has 22 heavy (non-hydrogen) atoms. The molecule has 0 radical (unpaired) electrons. The Morgan fingerprint density at radius 3 is 2.36 bits per heavy atom. The number of amides is 1. The summed E-state index contributed by atoms with van der Waals surface area (Å²) in [6.45, 7) is 2.47. The number of hydrogen-bond acceptors (Lipinski definition) is 4. The van der Waals surface area contributed by atoms with E-state index in [0.717, 1.165) is 12.8 Å². The first-order chi connectivity index (χ1) is 9.92. The molecule has 3 N–H and O–H groups in total. The zero-order chi connectivity index (χ0) is 15.5. The second-order valence-electron chi connectivity index (χ2n) is 5.32. The van der Waals surface area contributed by atoms with Crippen LogP contribution in [0.5, 0.6) is 0 Å². The summed E-state index contributed by atoms with van der Waals surface area (Å²) in [4.78, 5) is 12.1. The van der Waals surface area contributed by atoms with E-state index in [9.17, 15) is 13.2 Å². The fraction of sp³-hybridized carbons (Fsp3) is 0.500. The Balaban J connectivity index is 0.00000242. The molecule has 6 nitrogen and oxygen atoms in total. The second-order valence-corrected chi connectivity index (χ2v) is 7.03. The zero-order valence-corrected chi connectivity index (χ0v) is 14.3. The molecule has 1 aromatic rings. The second kappa shape index (κ2) is 7.92. The maximum Gasteiger partial charge on any atom is 0.251 e. The van der Waals surface area contributed by atoms with Crippen LogP contribution in [0.3, 0.4) is 0 Å². The van der Waals surface area contributed by atoms with Crippen molar-refractivity contribution in [2.45, 2.75) is 36.7 Å². The molecule has 1 amide bonds. The van der Waals surface area contributed by atoms with Crippen LogP contribution < -0.4 is 15.4 Å². The maximum absolute atomic E-state index is 12.0. The number of likely N-dealkylation sites (N-methyl/N-ethyl adjacent to an activating group) is 1. The van der Waals surface area contributed by atoms with E-state index in [1.165, 1.54) is 24.3 Å². The Hall–Kier alpha value is -1.15. The van der Waals surface area contributed by atoms with Crippen molar-refractivity contribution in [2.75, 3.05) is 13.6 Å². The van der Waals surface area contributed by atoms with Gasteiger partial charge in [0, 0.05) is 24.2 Å². The third-order valence-corrected chi connectivity index (χ3v) is 4.92. The van der Waals surface area contributed by atoms with Crippen molar-refractivity contribution in [2.24, 2.45) is 0 Å². The zero-order valence-electron chi connectivity index (χ0n) is 12.6.